The van der Waals surface area contributed by atoms with E-state index >= 15 is 0 Å². The number of pyridine rings is 1. The third kappa shape index (κ3) is 3.55. The lowest BCUT2D eigenvalue weighted by Gasteiger charge is -2.18. The maximum Gasteiger partial charge on any atom is 0.333 e. The van der Waals surface area contributed by atoms with Gasteiger partial charge in [-0.3, -0.25) is 18.9 Å². The number of aromatic nitrogens is 5. The first-order valence-corrected chi connectivity index (χ1v) is 10.1. The van der Waals surface area contributed by atoms with Crippen molar-refractivity contribution in [2.45, 2.75) is 5.92 Å². The zero-order valence-electron chi connectivity index (χ0n) is 18.6. The van der Waals surface area contributed by atoms with Crippen molar-refractivity contribution in [2.24, 2.45) is 21.1 Å². The lowest BCUT2D eigenvalue weighted by atomic mass is 9.91. The third-order valence-corrected chi connectivity index (χ3v) is 5.81. The normalized spacial score (nSPS) is 12.0. The number of nitrogens with zero attached hydrogens (tertiary/aromatic N) is 5. The van der Waals surface area contributed by atoms with Crippen LogP contribution in [0.2, 0.25) is 0 Å². The van der Waals surface area contributed by atoms with Gasteiger partial charge in [-0.2, -0.15) is 0 Å². The molecule has 1 aromatic carbocycles. The van der Waals surface area contributed by atoms with Crippen LogP contribution in [0.15, 0.2) is 64.6 Å². The molecule has 2 N–H and O–H groups in total. The van der Waals surface area contributed by atoms with Crippen molar-refractivity contribution in [1.82, 2.24) is 18.8 Å². The summed E-state index contributed by atoms with van der Waals surface area (Å²) in [4.78, 5) is 29.7. The number of hydrogen-bond acceptors (Lipinski definition) is 6. The van der Waals surface area contributed by atoms with Gasteiger partial charge in [0, 0.05) is 32.1 Å². The lowest BCUT2D eigenvalue weighted by molar-refractivity contribution is -0.670. The fourth-order valence-corrected chi connectivity index (χ4v) is 4.01. The average molecular weight is 450 g/mol. The van der Waals surface area contributed by atoms with Crippen molar-refractivity contribution >= 4 is 0 Å². The molecule has 1 unspecified atom stereocenters. The molecule has 0 amide bonds. The van der Waals surface area contributed by atoms with E-state index in [-0.39, 0.29) is 5.56 Å². The second-order valence-corrected chi connectivity index (χ2v) is 7.67. The quantitative estimate of drug-likeness (QED) is 0.345. The molecule has 10 nitrogen and oxygen atoms in total. The Morgan fingerprint density at radius 3 is 2.39 bits per heavy atom. The van der Waals surface area contributed by atoms with Crippen molar-refractivity contribution in [3.8, 4) is 22.9 Å². The minimum absolute atomic E-state index is 0.0495. The maximum atomic E-state index is 13.2. The van der Waals surface area contributed by atoms with Crippen molar-refractivity contribution in [1.29, 1.82) is 0 Å². The molecule has 0 saturated heterocycles. The van der Waals surface area contributed by atoms with Gasteiger partial charge in [0.2, 0.25) is 5.88 Å². The fourth-order valence-electron chi connectivity index (χ4n) is 4.01. The predicted molar refractivity (Wildman–Crippen MR) is 119 cm³/mol. The van der Waals surface area contributed by atoms with Crippen molar-refractivity contribution in [2.75, 3.05) is 7.11 Å². The number of ether oxygens (including phenoxy) is 1. The van der Waals surface area contributed by atoms with Crippen molar-refractivity contribution < 1.29 is 19.6 Å². The van der Waals surface area contributed by atoms with Gasteiger partial charge in [-0.15, -0.1) is 0 Å². The molecule has 0 aliphatic carbocycles. The highest BCUT2D eigenvalue weighted by molar-refractivity contribution is 5.54. The molecule has 0 aliphatic heterocycles. The van der Waals surface area contributed by atoms with Crippen LogP contribution in [0.1, 0.15) is 22.9 Å². The SMILES string of the molecule is COc1ccc(C(c2c(O)n(C)c(=O)n(C)c2=O)c2n(O)cc(-c3cccnc3)[n+]2C)cc1. The Kier molecular flexibility index (Phi) is 5.50. The molecule has 3 aromatic heterocycles. The summed E-state index contributed by atoms with van der Waals surface area (Å²) in [6.45, 7) is 0. The molecule has 33 heavy (non-hydrogen) atoms. The monoisotopic (exact) mass is 450 g/mol. The molecule has 4 aromatic rings. The van der Waals surface area contributed by atoms with E-state index in [1.807, 2.05) is 6.07 Å². The molecule has 170 valence electrons. The number of imidazole rings is 1. The van der Waals surface area contributed by atoms with Crippen LogP contribution in [-0.2, 0) is 21.1 Å². The van der Waals surface area contributed by atoms with Gasteiger partial charge in [0.15, 0.2) is 11.9 Å². The van der Waals surface area contributed by atoms with E-state index in [4.69, 9.17) is 4.74 Å². The molecule has 0 spiro atoms. The number of benzene rings is 1. The second kappa shape index (κ2) is 8.30. The number of rotatable bonds is 5. The Balaban J connectivity index is 2.06. The minimum atomic E-state index is -0.915. The van der Waals surface area contributed by atoms with E-state index in [0.29, 0.717) is 22.8 Å². The Morgan fingerprint density at radius 2 is 1.79 bits per heavy atom. The highest BCUT2D eigenvalue weighted by atomic mass is 16.5. The predicted octanol–water partition coefficient (Wildman–Crippen LogP) is 0.904. The van der Waals surface area contributed by atoms with Crippen LogP contribution in [0, 0.1) is 0 Å². The molecule has 0 bridgehead atoms. The first-order valence-electron chi connectivity index (χ1n) is 10.1. The number of aromatic hydroxyl groups is 1. The molecule has 3 heterocycles. The smallest absolute Gasteiger partial charge is 0.333 e. The zero-order chi connectivity index (χ0) is 23.9. The molecule has 0 radical (unpaired) electrons. The van der Waals surface area contributed by atoms with Gasteiger partial charge in [0.05, 0.1) is 19.7 Å². The number of hydrogen-bond donors (Lipinski definition) is 2. The van der Waals surface area contributed by atoms with Crippen molar-refractivity contribution in [3.05, 3.63) is 92.8 Å². The first-order chi connectivity index (χ1) is 15.8. The Morgan fingerprint density at radius 1 is 1.09 bits per heavy atom. The van der Waals surface area contributed by atoms with Gasteiger partial charge in [-0.1, -0.05) is 16.9 Å². The molecular formula is C23H24N5O5+. The van der Waals surface area contributed by atoms with Crippen molar-refractivity contribution in [3.63, 3.8) is 0 Å². The molecule has 1 atom stereocenters. The maximum absolute atomic E-state index is 13.2. The highest BCUT2D eigenvalue weighted by Gasteiger charge is 2.37. The topological polar surface area (TPSA) is 115 Å². The molecular weight excluding hydrogens is 426 g/mol. The van der Waals surface area contributed by atoms with Gasteiger partial charge in [-0.05, 0) is 29.8 Å². The average Bonchev–Trinajstić information content (AvgIpc) is 3.13. The van der Waals surface area contributed by atoms with E-state index in [2.05, 4.69) is 4.98 Å². The summed E-state index contributed by atoms with van der Waals surface area (Å²) in [6.07, 6.45) is 4.81. The summed E-state index contributed by atoms with van der Waals surface area (Å²) >= 11 is 0. The van der Waals surface area contributed by atoms with Crippen LogP contribution in [0.5, 0.6) is 11.6 Å². The van der Waals surface area contributed by atoms with E-state index in [1.165, 1.54) is 20.3 Å². The Hall–Kier alpha value is -4.34. The van der Waals surface area contributed by atoms with Gasteiger partial charge in [0.1, 0.15) is 11.7 Å². The van der Waals surface area contributed by atoms with E-state index in [1.54, 1.807) is 61.5 Å². The van der Waals surface area contributed by atoms with Crippen LogP contribution >= 0.6 is 0 Å². The molecule has 4 rings (SSSR count). The fraction of sp³-hybridized carbons (Fsp3) is 0.217. The third-order valence-electron chi connectivity index (χ3n) is 5.81. The van der Waals surface area contributed by atoms with Crippen LogP contribution in [0.25, 0.3) is 11.3 Å². The minimum Gasteiger partial charge on any atom is -0.497 e. The van der Waals surface area contributed by atoms with Crippen LogP contribution < -0.4 is 20.6 Å². The molecule has 10 heteroatoms. The summed E-state index contributed by atoms with van der Waals surface area (Å²) in [5.41, 5.74) is 0.616. The van der Waals surface area contributed by atoms with Gasteiger partial charge in [-0.25, -0.2) is 9.36 Å². The summed E-state index contributed by atoms with van der Waals surface area (Å²) in [7, 11) is 6.01. The largest absolute Gasteiger partial charge is 0.497 e. The van der Waals surface area contributed by atoms with Crippen LogP contribution in [0.3, 0.4) is 0 Å². The van der Waals surface area contributed by atoms with E-state index in [0.717, 1.165) is 19.4 Å². The van der Waals surface area contributed by atoms with E-state index < -0.39 is 23.0 Å². The standard InChI is InChI=1S/C23H23N5O5/c1-25-17(15-6-5-11-24-12-15)13-28(32)20(25)18(14-7-9-16(33-4)10-8-14)19-21(29)26(2)23(31)27(3)22(19)30/h5-13,18H,1-4H3,(H-,29,30,32)/p+1. The number of methoxy groups -OCH3 is 1. The first kappa shape index (κ1) is 21.9. The molecule has 0 fully saturated rings. The lowest BCUT2D eigenvalue weighted by Crippen LogP contribution is -2.42. The highest BCUT2D eigenvalue weighted by Crippen LogP contribution is 2.34. The summed E-state index contributed by atoms with van der Waals surface area (Å²) in [5.74, 6) is -0.491. The summed E-state index contributed by atoms with van der Waals surface area (Å²) < 4.78 is 9.81. The van der Waals surface area contributed by atoms with Crippen LogP contribution in [0.4, 0.5) is 0 Å². The summed E-state index contributed by atoms with van der Waals surface area (Å²) in [6, 6.07) is 10.5. The second-order valence-electron chi connectivity index (χ2n) is 7.67. The summed E-state index contributed by atoms with van der Waals surface area (Å²) in [5, 5.41) is 21.8. The Bertz CT molecular complexity index is 1440. The van der Waals surface area contributed by atoms with Gasteiger partial charge in [0.25, 0.3) is 5.56 Å². The van der Waals surface area contributed by atoms with Crippen LogP contribution in [-0.4, -0.2) is 36.3 Å². The Labute approximate surface area is 188 Å². The van der Waals surface area contributed by atoms with Gasteiger partial charge >= 0.3 is 11.5 Å². The van der Waals surface area contributed by atoms with Gasteiger partial charge < -0.3 is 15.1 Å². The molecule has 0 saturated carbocycles. The zero-order valence-corrected chi connectivity index (χ0v) is 18.6. The molecule has 0 aliphatic rings. The van der Waals surface area contributed by atoms with E-state index in [9.17, 15) is 19.9 Å².